The highest BCUT2D eigenvalue weighted by molar-refractivity contribution is 9.10. The minimum Gasteiger partial charge on any atom is -0.481 e. The van der Waals surface area contributed by atoms with E-state index >= 15 is 0 Å². The molecule has 0 unspecified atom stereocenters. The van der Waals surface area contributed by atoms with Crippen LogP contribution in [0.2, 0.25) is 0 Å². The number of nitrogens with zero attached hydrogens (tertiary/aromatic N) is 1. The first-order valence-corrected chi connectivity index (χ1v) is 6.67. The first-order valence-electron chi connectivity index (χ1n) is 5.87. The summed E-state index contributed by atoms with van der Waals surface area (Å²) in [5, 5.41) is 11.9. The molecule has 0 saturated heterocycles. The Morgan fingerprint density at radius 1 is 1.32 bits per heavy atom. The van der Waals surface area contributed by atoms with Crippen LogP contribution in [0.1, 0.15) is 12.8 Å². The molecule has 0 aliphatic heterocycles. The number of carboxylic acid groups (broad SMARTS) is 1. The lowest BCUT2D eigenvalue weighted by molar-refractivity contribution is -0.146. The molecule has 0 bridgehead atoms. The number of rotatable bonds is 3. The molecule has 1 heterocycles. The van der Waals surface area contributed by atoms with Gasteiger partial charge < -0.3 is 10.4 Å². The second kappa shape index (κ2) is 5.97. The molecule has 2 atom stereocenters. The quantitative estimate of drug-likeness (QED) is 0.837. The summed E-state index contributed by atoms with van der Waals surface area (Å²) in [5.74, 6) is -2.41. The van der Waals surface area contributed by atoms with E-state index in [4.69, 9.17) is 5.11 Å². The average molecular weight is 325 g/mol. The summed E-state index contributed by atoms with van der Waals surface area (Å²) in [6.07, 6.45) is 7.65. The van der Waals surface area contributed by atoms with Gasteiger partial charge in [-0.2, -0.15) is 0 Å². The third kappa shape index (κ3) is 3.20. The van der Waals surface area contributed by atoms with Crippen LogP contribution in [0.3, 0.4) is 0 Å². The van der Waals surface area contributed by atoms with Gasteiger partial charge in [-0.1, -0.05) is 12.2 Å². The molecule has 100 valence electrons. The van der Waals surface area contributed by atoms with E-state index in [2.05, 4.69) is 26.2 Å². The van der Waals surface area contributed by atoms with Crippen LogP contribution < -0.4 is 5.32 Å². The second-order valence-electron chi connectivity index (χ2n) is 4.34. The van der Waals surface area contributed by atoms with Gasteiger partial charge in [0.25, 0.3) is 0 Å². The highest BCUT2D eigenvalue weighted by Crippen LogP contribution is 2.28. The van der Waals surface area contributed by atoms with E-state index in [1.165, 1.54) is 0 Å². The summed E-state index contributed by atoms with van der Waals surface area (Å²) in [6, 6.07) is 1.66. The van der Waals surface area contributed by atoms with Crippen molar-refractivity contribution in [2.75, 3.05) is 5.32 Å². The molecule has 2 N–H and O–H groups in total. The number of hydrogen-bond donors (Lipinski definition) is 2. The Hall–Kier alpha value is -1.69. The van der Waals surface area contributed by atoms with Gasteiger partial charge in [-0.3, -0.25) is 14.6 Å². The van der Waals surface area contributed by atoms with Crippen LogP contribution in [0, 0.1) is 11.8 Å². The van der Waals surface area contributed by atoms with E-state index in [1.807, 2.05) is 12.2 Å². The molecule has 6 heteroatoms. The Morgan fingerprint density at radius 3 is 2.63 bits per heavy atom. The van der Waals surface area contributed by atoms with Crippen molar-refractivity contribution in [2.45, 2.75) is 12.8 Å². The van der Waals surface area contributed by atoms with Crippen LogP contribution in [-0.4, -0.2) is 22.0 Å². The number of amides is 1. The van der Waals surface area contributed by atoms with Crippen molar-refractivity contribution in [1.29, 1.82) is 0 Å². The van der Waals surface area contributed by atoms with E-state index in [9.17, 15) is 9.59 Å². The summed E-state index contributed by atoms with van der Waals surface area (Å²) in [5.41, 5.74) is 0.596. The number of halogens is 1. The number of nitrogens with one attached hydrogen (secondary N) is 1. The maximum Gasteiger partial charge on any atom is 0.307 e. The van der Waals surface area contributed by atoms with Crippen molar-refractivity contribution in [3.8, 4) is 0 Å². The molecule has 0 aromatic carbocycles. The van der Waals surface area contributed by atoms with Crippen molar-refractivity contribution in [3.05, 3.63) is 35.1 Å². The van der Waals surface area contributed by atoms with E-state index in [0.717, 1.165) is 0 Å². The molecule has 1 aliphatic carbocycles. The number of carboxylic acids is 1. The predicted molar refractivity (Wildman–Crippen MR) is 73.6 cm³/mol. The number of anilines is 1. The lowest BCUT2D eigenvalue weighted by Gasteiger charge is -2.24. The SMILES string of the molecule is O=C(O)[C@H]1CC=CC[C@H]1C(=O)Nc1ccncc1Br. The number of carbonyl (C=O) groups is 2. The van der Waals surface area contributed by atoms with Crippen molar-refractivity contribution >= 4 is 33.5 Å². The average Bonchev–Trinajstić information content (AvgIpc) is 2.41. The zero-order chi connectivity index (χ0) is 13.8. The molecular weight excluding hydrogens is 312 g/mol. The zero-order valence-corrected chi connectivity index (χ0v) is 11.6. The van der Waals surface area contributed by atoms with Crippen LogP contribution in [0.4, 0.5) is 5.69 Å². The molecule has 1 aliphatic rings. The van der Waals surface area contributed by atoms with Crippen molar-refractivity contribution < 1.29 is 14.7 Å². The van der Waals surface area contributed by atoms with Crippen LogP contribution in [0.15, 0.2) is 35.1 Å². The number of allylic oxidation sites excluding steroid dienone is 2. The van der Waals surface area contributed by atoms with Gasteiger partial charge in [-0.05, 0) is 34.8 Å². The van der Waals surface area contributed by atoms with Crippen molar-refractivity contribution in [1.82, 2.24) is 4.98 Å². The highest BCUT2D eigenvalue weighted by atomic mass is 79.9. The number of carbonyl (C=O) groups excluding carboxylic acids is 1. The van der Waals surface area contributed by atoms with Gasteiger partial charge in [0.15, 0.2) is 0 Å². The lowest BCUT2D eigenvalue weighted by Crippen LogP contribution is -2.34. The maximum atomic E-state index is 12.2. The number of pyridine rings is 1. The van der Waals surface area contributed by atoms with Crippen LogP contribution in [-0.2, 0) is 9.59 Å². The molecule has 0 spiro atoms. The summed E-state index contributed by atoms with van der Waals surface area (Å²) in [6.45, 7) is 0. The zero-order valence-electron chi connectivity index (χ0n) is 10.0. The van der Waals surface area contributed by atoms with Crippen LogP contribution >= 0.6 is 15.9 Å². The summed E-state index contributed by atoms with van der Waals surface area (Å²) in [4.78, 5) is 27.2. The largest absolute Gasteiger partial charge is 0.481 e. The summed E-state index contributed by atoms with van der Waals surface area (Å²) in [7, 11) is 0. The predicted octanol–water partition coefficient (Wildman–Crippen LogP) is 2.45. The van der Waals surface area contributed by atoms with Crippen LogP contribution in [0.25, 0.3) is 0 Å². The van der Waals surface area contributed by atoms with E-state index in [0.29, 0.717) is 23.0 Å². The van der Waals surface area contributed by atoms with E-state index in [1.54, 1.807) is 18.5 Å². The summed E-state index contributed by atoms with van der Waals surface area (Å²) < 4.78 is 0.668. The lowest BCUT2D eigenvalue weighted by atomic mass is 9.82. The third-order valence-corrected chi connectivity index (χ3v) is 3.75. The molecule has 0 saturated carbocycles. The Morgan fingerprint density at radius 2 is 2.00 bits per heavy atom. The van der Waals surface area contributed by atoms with Gasteiger partial charge in [-0.25, -0.2) is 0 Å². The fourth-order valence-corrected chi connectivity index (χ4v) is 2.43. The first kappa shape index (κ1) is 13.7. The van der Waals surface area contributed by atoms with Gasteiger partial charge in [-0.15, -0.1) is 0 Å². The van der Waals surface area contributed by atoms with E-state index < -0.39 is 17.8 Å². The molecule has 1 amide bonds. The Kier molecular flexibility index (Phi) is 4.31. The normalized spacial score (nSPS) is 21.9. The van der Waals surface area contributed by atoms with Gasteiger partial charge in [0, 0.05) is 12.4 Å². The molecule has 19 heavy (non-hydrogen) atoms. The summed E-state index contributed by atoms with van der Waals surface area (Å²) >= 11 is 3.29. The third-order valence-electron chi connectivity index (χ3n) is 3.12. The van der Waals surface area contributed by atoms with Gasteiger partial charge >= 0.3 is 5.97 Å². The highest BCUT2D eigenvalue weighted by Gasteiger charge is 2.34. The van der Waals surface area contributed by atoms with Crippen molar-refractivity contribution in [2.24, 2.45) is 11.8 Å². The maximum absolute atomic E-state index is 12.2. The first-order chi connectivity index (χ1) is 9.09. The minimum atomic E-state index is -0.932. The molecule has 1 aromatic rings. The fourth-order valence-electron chi connectivity index (χ4n) is 2.08. The standard InChI is InChI=1S/C13H13BrN2O3/c14-10-7-15-6-5-11(10)16-12(17)8-3-1-2-4-9(8)13(18)19/h1-2,5-9H,3-4H2,(H,18,19)(H,15,16,17)/t8-,9+/m1/s1. The van der Waals surface area contributed by atoms with Crippen molar-refractivity contribution in [3.63, 3.8) is 0 Å². The van der Waals surface area contributed by atoms with E-state index in [-0.39, 0.29) is 5.91 Å². The molecule has 0 fully saturated rings. The smallest absolute Gasteiger partial charge is 0.307 e. The topological polar surface area (TPSA) is 79.3 Å². The number of hydrogen-bond acceptors (Lipinski definition) is 3. The Labute approximate surface area is 118 Å². The Balaban J connectivity index is 2.13. The molecule has 2 rings (SSSR count). The van der Waals surface area contributed by atoms with Gasteiger partial charge in [0.2, 0.25) is 5.91 Å². The fraction of sp³-hybridized carbons (Fsp3) is 0.308. The number of aliphatic carboxylic acids is 1. The van der Waals surface area contributed by atoms with Gasteiger partial charge in [0.05, 0.1) is 22.0 Å². The Bertz CT molecular complexity index is 530. The molecule has 1 aromatic heterocycles. The second-order valence-corrected chi connectivity index (χ2v) is 5.19. The molecule has 0 radical (unpaired) electrons. The molecular formula is C13H13BrN2O3. The van der Waals surface area contributed by atoms with Crippen LogP contribution in [0.5, 0.6) is 0 Å². The van der Waals surface area contributed by atoms with Gasteiger partial charge in [0.1, 0.15) is 0 Å². The number of aromatic nitrogens is 1. The minimum absolute atomic E-state index is 0.274. The monoisotopic (exact) mass is 324 g/mol. The molecule has 5 nitrogen and oxygen atoms in total.